The highest BCUT2D eigenvalue weighted by atomic mass is 15.3. The number of pyridine rings is 1. The number of nitrogens with zero attached hydrogens (tertiary/aromatic N) is 5. The average molecular weight is 1200 g/mol. The lowest BCUT2D eigenvalue weighted by molar-refractivity contribution is -0.896. The molecule has 1 aliphatic carbocycles. The molecule has 0 aromatic carbocycles. The number of piperazine rings is 2. The Balaban J connectivity index is 0. The van der Waals surface area contributed by atoms with E-state index >= 15 is 0 Å². The van der Waals surface area contributed by atoms with E-state index < -0.39 is 0 Å². The Morgan fingerprint density at radius 2 is 1.06 bits per heavy atom. The number of nitrogens with two attached hydrogens (primary N) is 3. The van der Waals surface area contributed by atoms with E-state index in [0.29, 0.717) is 38.7 Å². The molecule has 506 valence electrons. The van der Waals surface area contributed by atoms with Crippen LogP contribution in [0.4, 0.5) is 0 Å². The Bertz CT molecular complexity index is 1700. The lowest BCUT2D eigenvalue weighted by Gasteiger charge is -2.41. The van der Waals surface area contributed by atoms with Crippen LogP contribution < -0.4 is 38.5 Å². The molecule has 0 radical (unpaired) electrons. The Labute approximate surface area is 532 Å². The van der Waals surface area contributed by atoms with Gasteiger partial charge in [-0.1, -0.05) is 158 Å². The van der Waals surface area contributed by atoms with Crippen LogP contribution >= 0.6 is 0 Å². The number of unbranched alkanes of at least 4 members (excludes halogenated alkanes) is 1. The first-order valence-electron chi connectivity index (χ1n) is 34.8. The van der Waals surface area contributed by atoms with E-state index in [0.717, 1.165) is 49.7 Å². The summed E-state index contributed by atoms with van der Waals surface area (Å²) in [6.45, 7) is 73.5. The summed E-state index contributed by atoms with van der Waals surface area (Å²) in [7, 11) is 4.69. The quantitative estimate of drug-likeness (QED) is 0.0521. The molecule has 0 unspecified atom stereocenters. The van der Waals surface area contributed by atoms with Crippen molar-refractivity contribution in [2.24, 2.45) is 72.9 Å². The van der Waals surface area contributed by atoms with Gasteiger partial charge in [-0.3, -0.25) is 14.9 Å². The van der Waals surface area contributed by atoms with Crippen molar-refractivity contribution in [1.82, 2.24) is 36.1 Å². The summed E-state index contributed by atoms with van der Waals surface area (Å²) in [5, 5.41) is 13.4. The van der Waals surface area contributed by atoms with Gasteiger partial charge in [-0.25, -0.2) is 0 Å². The van der Waals surface area contributed by atoms with Crippen LogP contribution in [0.2, 0.25) is 0 Å². The Hall–Kier alpha value is -1.90. The van der Waals surface area contributed by atoms with Gasteiger partial charge in [0, 0.05) is 95.7 Å². The summed E-state index contributed by atoms with van der Waals surface area (Å²) >= 11 is 0. The molecule has 1 aromatic rings. The first-order chi connectivity index (χ1) is 39.0. The second kappa shape index (κ2) is 43.0. The van der Waals surface area contributed by atoms with E-state index in [1.807, 2.05) is 26.2 Å². The molecule has 5 saturated heterocycles. The van der Waals surface area contributed by atoms with Crippen LogP contribution in [0.5, 0.6) is 0 Å². The second-order valence-corrected chi connectivity index (χ2v) is 34.6. The maximum absolute atomic E-state index is 5.47. The van der Waals surface area contributed by atoms with E-state index in [9.17, 15) is 0 Å². The third-order valence-electron chi connectivity index (χ3n) is 16.9. The van der Waals surface area contributed by atoms with Crippen molar-refractivity contribution in [3.05, 3.63) is 30.1 Å². The fraction of sp³-hybridized carbons (Fsp3) is 0.918. The van der Waals surface area contributed by atoms with Crippen molar-refractivity contribution in [1.29, 1.82) is 0 Å². The molecular formula is C73H155N12+. The lowest BCUT2D eigenvalue weighted by atomic mass is 9.75. The van der Waals surface area contributed by atoms with Crippen molar-refractivity contribution in [3.8, 4) is 0 Å². The van der Waals surface area contributed by atoms with Gasteiger partial charge in [-0.15, -0.1) is 0 Å². The number of rotatable bonds is 10. The van der Waals surface area contributed by atoms with Crippen LogP contribution in [0, 0.1) is 50.7 Å². The smallest absolute Gasteiger partial charge is 0.185 e. The first kappa shape index (κ1) is 85.2. The molecule has 85 heavy (non-hydrogen) atoms. The predicted octanol–water partition coefficient (Wildman–Crippen LogP) is 14.6. The molecule has 12 heteroatoms. The fourth-order valence-electron chi connectivity index (χ4n) is 11.0. The maximum atomic E-state index is 5.47. The number of nitrogens with one attached hydrogen (secondary N) is 4. The number of aromatic nitrogens is 1. The highest BCUT2D eigenvalue weighted by Gasteiger charge is 2.33. The van der Waals surface area contributed by atoms with Gasteiger partial charge < -0.3 is 47.9 Å². The normalized spacial score (nSPS) is 21.3. The number of quaternary nitrogens is 1. The van der Waals surface area contributed by atoms with Crippen LogP contribution in [-0.2, 0) is 5.41 Å². The molecule has 6 fully saturated rings. The van der Waals surface area contributed by atoms with Gasteiger partial charge in [0.1, 0.15) is 0 Å². The highest BCUT2D eigenvalue weighted by Crippen LogP contribution is 2.35. The van der Waals surface area contributed by atoms with Crippen molar-refractivity contribution in [3.63, 3.8) is 0 Å². The zero-order valence-corrected chi connectivity index (χ0v) is 62.2. The van der Waals surface area contributed by atoms with Crippen molar-refractivity contribution in [2.45, 2.75) is 267 Å². The summed E-state index contributed by atoms with van der Waals surface area (Å²) in [4.78, 5) is 12.9. The van der Waals surface area contributed by atoms with Gasteiger partial charge in [0.25, 0.3) is 0 Å². The van der Waals surface area contributed by atoms with Crippen LogP contribution in [0.1, 0.15) is 255 Å². The van der Waals surface area contributed by atoms with Crippen molar-refractivity contribution in [2.75, 3.05) is 119 Å². The van der Waals surface area contributed by atoms with E-state index in [2.05, 4.69) is 220 Å². The maximum Gasteiger partial charge on any atom is 0.185 e. The zero-order chi connectivity index (χ0) is 65.8. The monoisotopic (exact) mass is 1200 g/mol. The Morgan fingerprint density at radius 3 is 1.39 bits per heavy atom. The van der Waals surface area contributed by atoms with Gasteiger partial charge in [0.2, 0.25) is 0 Å². The second-order valence-electron chi connectivity index (χ2n) is 34.6. The summed E-state index contributed by atoms with van der Waals surface area (Å²) < 4.78 is 1.23. The van der Waals surface area contributed by atoms with Crippen LogP contribution in [-0.4, -0.2) is 156 Å². The van der Waals surface area contributed by atoms with Crippen LogP contribution in [0.3, 0.4) is 0 Å². The zero-order valence-electron chi connectivity index (χ0n) is 62.2. The molecule has 5 aliphatic heterocycles. The molecule has 6 aliphatic rings. The minimum atomic E-state index is 0.184. The molecule has 1 saturated carbocycles. The highest BCUT2D eigenvalue weighted by molar-refractivity contribution is 5.75. The summed E-state index contributed by atoms with van der Waals surface area (Å²) in [5.41, 5.74) is 20.1. The molecular weight excluding hydrogens is 1040 g/mol. The fourth-order valence-corrected chi connectivity index (χ4v) is 11.0. The largest absolute Gasteiger partial charge is 0.370 e. The molecule has 0 amide bonds. The van der Waals surface area contributed by atoms with E-state index in [-0.39, 0.29) is 11.4 Å². The third-order valence-corrected chi connectivity index (χ3v) is 16.9. The molecule has 1 aromatic heterocycles. The Morgan fingerprint density at radius 1 is 0.588 bits per heavy atom. The lowest BCUT2D eigenvalue weighted by Crippen LogP contribution is -2.51. The molecule has 6 heterocycles. The van der Waals surface area contributed by atoms with Gasteiger partial charge in [-0.05, 0) is 185 Å². The Kier molecular flexibility index (Phi) is 43.1. The standard InChI is InChI=1S/C11H24N2.C11H24N.C11H23N.C9H13N.C9H19N.C8H18N2.C7H17N3.C5H11N.C2H6/c1-11(2,3)5-4-8-13-9-6-12-7-10-13;1-11(2,3)10-6-8-12(4,5)9-7-10;1-11(2,3)7-5-4-6-10-8-12-9-10;1-9(2,3)8-4-6-10-7-5-8;1-9(2,3)6-8-4-5-10-7-8;1-8(2,3)10-6-4-9-5-7-10;1-7(2,3)4-5-10-6(8)9;1-4-2-5(6)3-4;1-2/h12H,4-10H2,1-3H3;10H,6-9H2,1-5H3;10,12H,4-9H2,1-3H3;4-7H,1-3H3;8,10H,4-7H2,1-3H3;9H,4-7H2,1-3H3;4-5H2,1-3H3,(H4,8,9,10);4-5H,2-3,6H2,1H3;1-2H3/q;+1;;;;;;;/t;;;;8-;;;;/m....1..../s1. The topological polar surface area (TPSA) is 158 Å². The first-order valence-corrected chi connectivity index (χ1v) is 34.8. The predicted molar refractivity (Wildman–Crippen MR) is 381 cm³/mol. The summed E-state index contributed by atoms with van der Waals surface area (Å²) in [5.74, 6) is 4.00. The number of hydrogen-bond acceptors (Lipinski definition) is 9. The van der Waals surface area contributed by atoms with E-state index in [1.165, 1.54) is 172 Å². The van der Waals surface area contributed by atoms with E-state index in [4.69, 9.17) is 17.2 Å². The number of hydrogen-bond donors (Lipinski definition) is 7. The summed E-state index contributed by atoms with van der Waals surface area (Å²) in [6.07, 6.45) is 21.1. The van der Waals surface area contributed by atoms with Gasteiger partial charge in [0.05, 0.1) is 27.2 Å². The summed E-state index contributed by atoms with van der Waals surface area (Å²) in [6, 6.07) is 4.65. The number of piperidine rings is 1. The molecule has 1 atom stereocenters. The molecule has 0 bridgehead atoms. The number of guanidine groups is 1. The molecule has 0 spiro atoms. The van der Waals surface area contributed by atoms with Crippen LogP contribution in [0.25, 0.3) is 0 Å². The SMILES string of the molecule is CC.CC(C)(C)C1CC[N+](C)(C)CC1.CC(C)(C)CCCCC1CNC1.CC(C)(C)CCCN1CCNCC1.CC(C)(C)CCN=C(N)N.CC(C)(C)C[C@H]1CCNC1.CC(C)(C)N1CCNCC1.CC(C)(C)c1ccncc1.CC1CC(N)C1. The van der Waals surface area contributed by atoms with Gasteiger partial charge >= 0.3 is 0 Å². The van der Waals surface area contributed by atoms with Gasteiger partial charge in [0.15, 0.2) is 5.96 Å². The van der Waals surface area contributed by atoms with E-state index in [1.54, 1.807) is 0 Å². The minimum Gasteiger partial charge on any atom is -0.370 e. The van der Waals surface area contributed by atoms with Gasteiger partial charge in [-0.2, -0.15) is 0 Å². The third kappa shape index (κ3) is 52.6. The molecule has 10 N–H and O–H groups in total. The van der Waals surface area contributed by atoms with Crippen molar-refractivity contribution < 1.29 is 4.48 Å². The van der Waals surface area contributed by atoms with Crippen LogP contribution in [0.15, 0.2) is 29.5 Å². The molecule has 12 nitrogen and oxygen atoms in total. The number of aliphatic imine (C=N–C) groups is 1. The molecule has 7 rings (SSSR count). The minimum absolute atomic E-state index is 0.184. The average Bonchev–Trinajstić information content (AvgIpc) is 3.97. The number of likely N-dealkylation sites (tertiary alicyclic amines) is 1. The van der Waals surface area contributed by atoms with Crippen molar-refractivity contribution >= 4 is 5.96 Å².